The van der Waals surface area contributed by atoms with E-state index in [1.165, 1.54) is 0 Å². The van der Waals surface area contributed by atoms with E-state index in [4.69, 9.17) is 5.73 Å². The van der Waals surface area contributed by atoms with Crippen LogP contribution in [0.2, 0.25) is 0 Å². The minimum Gasteiger partial charge on any atom is -1.00 e. The van der Waals surface area contributed by atoms with Crippen molar-refractivity contribution in [2.24, 2.45) is 17.3 Å². The van der Waals surface area contributed by atoms with Crippen LogP contribution in [0.1, 0.15) is 11.1 Å². The second kappa shape index (κ2) is 7.70. The molecule has 1 aromatic carbocycles. The lowest BCUT2D eigenvalue weighted by Crippen LogP contribution is -3.00. The lowest BCUT2D eigenvalue weighted by molar-refractivity contribution is -0.671. The van der Waals surface area contributed by atoms with Crippen molar-refractivity contribution in [3.8, 4) is 0 Å². The summed E-state index contributed by atoms with van der Waals surface area (Å²) in [5.74, 6) is 0.509. The van der Waals surface area contributed by atoms with Crippen LogP contribution >= 0.6 is 0 Å². The zero-order valence-electron chi connectivity index (χ0n) is 13.6. The van der Waals surface area contributed by atoms with Crippen molar-refractivity contribution in [2.75, 3.05) is 5.73 Å². The number of anilines is 1. The number of pyridine rings is 1. The molecule has 2 heterocycles. The van der Waals surface area contributed by atoms with Gasteiger partial charge in [0.05, 0.1) is 18.4 Å². The molecule has 0 spiro atoms. The van der Waals surface area contributed by atoms with Gasteiger partial charge in [-0.25, -0.2) is 9.25 Å². The Bertz CT molecular complexity index is 839. The Morgan fingerprint density at radius 1 is 1.17 bits per heavy atom. The fraction of sp³-hybridized carbons (Fsp3) is 0.176. The summed E-state index contributed by atoms with van der Waals surface area (Å²) >= 11 is 0. The van der Waals surface area contributed by atoms with E-state index in [9.17, 15) is 0 Å². The molecular formula is C17H19ClN6. The minimum absolute atomic E-state index is 0. The molecule has 0 bridgehead atoms. The van der Waals surface area contributed by atoms with E-state index in [0.717, 1.165) is 16.8 Å². The minimum atomic E-state index is 0. The lowest BCUT2D eigenvalue weighted by atomic mass is 10.2. The largest absolute Gasteiger partial charge is 1.00 e. The van der Waals surface area contributed by atoms with Gasteiger partial charge in [0.15, 0.2) is 12.4 Å². The maximum atomic E-state index is 6.12. The van der Waals surface area contributed by atoms with Gasteiger partial charge in [-0.1, -0.05) is 12.1 Å². The molecule has 0 radical (unpaired) electrons. The highest BCUT2D eigenvalue weighted by Gasteiger charge is 2.08. The molecule has 0 aliphatic heterocycles. The summed E-state index contributed by atoms with van der Waals surface area (Å²) in [4.78, 5) is 0. The monoisotopic (exact) mass is 342 g/mol. The van der Waals surface area contributed by atoms with Crippen LogP contribution in [0.3, 0.4) is 0 Å². The molecule has 0 saturated carbocycles. The average Bonchev–Trinajstić information content (AvgIpc) is 2.88. The molecule has 0 aliphatic rings. The van der Waals surface area contributed by atoms with Crippen molar-refractivity contribution in [2.45, 2.75) is 13.5 Å². The lowest BCUT2D eigenvalue weighted by Gasteiger charge is -2.03. The van der Waals surface area contributed by atoms with Crippen LogP contribution < -0.4 is 22.7 Å². The van der Waals surface area contributed by atoms with Crippen molar-refractivity contribution in [3.05, 3.63) is 66.1 Å². The Balaban J connectivity index is 0.00000208. The number of nitrogens with two attached hydrogens (primary N) is 1. The Morgan fingerprint density at radius 3 is 2.62 bits per heavy atom. The maximum absolute atomic E-state index is 6.12. The molecular weight excluding hydrogens is 324 g/mol. The standard InChI is InChI=1S/C17H19N6.ClH/c1-13-4-3-5-15(10-13)20-21-16-11-19-23(17(16)18)12-14-6-8-22(2)9-7-14;/h3-11H,12,18H2,1-2H3;1H/q+1;/p-1. The van der Waals surface area contributed by atoms with E-state index in [0.29, 0.717) is 18.1 Å². The highest BCUT2D eigenvalue weighted by atomic mass is 35.5. The zero-order valence-corrected chi connectivity index (χ0v) is 14.4. The predicted molar refractivity (Wildman–Crippen MR) is 88.7 cm³/mol. The normalized spacial score (nSPS) is 10.8. The summed E-state index contributed by atoms with van der Waals surface area (Å²) in [5.41, 5.74) is 9.76. The molecule has 124 valence electrons. The molecule has 0 fully saturated rings. The first-order valence-electron chi connectivity index (χ1n) is 7.36. The third-order valence-electron chi connectivity index (χ3n) is 3.51. The molecule has 7 heteroatoms. The van der Waals surface area contributed by atoms with Crippen molar-refractivity contribution in [1.82, 2.24) is 9.78 Å². The quantitative estimate of drug-likeness (QED) is 0.538. The fourth-order valence-corrected chi connectivity index (χ4v) is 2.20. The molecule has 3 rings (SSSR count). The highest BCUT2D eigenvalue weighted by molar-refractivity contribution is 5.56. The van der Waals surface area contributed by atoms with Gasteiger partial charge in [0.2, 0.25) is 0 Å². The number of azo groups is 1. The van der Waals surface area contributed by atoms with Gasteiger partial charge in [0, 0.05) is 12.1 Å². The number of rotatable bonds is 4. The second-order valence-corrected chi connectivity index (χ2v) is 5.48. The molecule has 2 aromatic heterocycles. The van der Waals surface area contributed by atoms with Gasteiger partial charge in [-0.3, -0.25) is 0 Å². The van der Waals surface area contributed by atoms with E-state index >= 15 is 0 Å². The van der Waals surface area contributed by atoms with Crippen LogP contribution in [0, 0.1) is 6.92 Å². The third kappa shape index (κ3) is 4.17. The van der Waals surface area contributed by atoms with Crippen LogP contribution in [0.4, 0.5) is 17.2 Å². The van der Waals surface area contributed by atoms with Gasteiger partial charge < -0.3 is 18.1 Å². The number of hydrogen-bond donors (Lipinski definition) is 1. The summed E-state index contributed by atoms with van der Waals surface area (Å²) < 4.78 is 3.71. The zero-order chi connectivity index (χ0) is 16.2. The van der Waals surface area contributed by atoms with Crippen molar-refractivity contribution in [1.29, 1.82) is 0 Å². The van der Waals surface area contributed by atoms with Crippen LogP contribution in [0.5, 0.6) is 0 Å². The molecule has 3 aromatic rings. The Kier molecular flexibility index (Phi) is 5.65. The Morgan fingerprint density at radius 2 is 1.92 bits per heavy atom. The van der Waals surface area contributed by atoms with Crippen LogP contribution in [-0.2, 0) is 13.6 Å². The fourth-order valence-electron chi connectivity index (χ4n) is 2.20. The van der Waals surface area contributed by atoms with Crippen molar-refractivity contribution < 1.29 is 17.0 Å². The molecule has 0 atom stereocenters. The van der Waals surface area contributed by atoms with E-state index < -0.39 is 0 Å². The Labute approximate surface area is 147 Å². The van der Waals surface area contributed by atoms with Crippen LogP contribution in [0.25, 0.3) is 0 Å². The first-order valence-corrected chi connectivity index (χ1v) is 7.36. The molecule has 0 unspecified atom stereocenters. The van der Waals surface area contributed by atoms with Gasteiger partial charge in [0.25, 0.3) is 0 Å². The molecule has 6 nitrogen and oxygen atoms in total. The van der Waals surface area contributed by atoms with Crippen LogP contribution in [0.15, 0.2) is 65.2 Å². The van der Waals surface area contributed by atoms with Gasteiger partial charge in [-0.05, 0) is 30.2 Å². The summed E-state index contributed by atoms with van der Waals surface area (Å²) in [7, 11) is 1.98. The second-order valence-electron chi connectivity index (χ2n) is 5.48. The van der Waals surface area contributed by atoms with E-state index in [2.05, 4.69) is 15.3 Å². The summed E-state index contributed by atoms with van der Waals surface area (Å²) in [6, 6.07) is 11.9. The first-order chi connectivity index (χ1) is 11.1. The van der Waals surface area contributed by atoms with Gasteiger partial charge in [0.1, 0.15) is 18.6 Å². The Hall–Kier alpha value is -2.73. The molecule has 24 heavy (non-hydrogen) atoms. The van der Waals surface area contributed by atoms with E-state index in [-0.39, 0.29) is 12.4 Å². The topological polar surface area (TPSA) is 72.4 Å². The van der Waals surface area contributed by atoms with Gasteiger partial charge in [-0.15, -0.1) is 5.11 Å². The number of halogens is 1. The smallest absolute Gasteiger partial charge is 0.168 e. The number of benzene rings is 1. The maximum Gasteiger partial charge on any atom is 0.168 e. The molecule has 0 amide bonds. The molecule has 0 saturated heterocycles. The summed E-state index contributed by atoms with van der Waals surface area (Å²) in [6.45, 7) is 2.62. The number of aryl methyl sites for hydroxylation is 2. The van der Waals surface area contributed by atoms with Crippen molar-refractivity contribution in [3.63, 3.8) is 0 Å². The highest BCUT2D eigenvalue weighted by Crippen LogP contribution is 2.24. The number of aromatic nitrogens is 3. The molecule has 2 N–H and O–H groups in total. The van der Waals surface area contributed by atoms with Gasteiger partial charge >= 0.3 is 0 Å². The number of hydrogen-bond acceptors (Lipinski definition) is 4. The first kappa shape index (κ1) is 17.6. The number of nitrogens with zero attached hydrogens (tertiary/aromatic N) is 5. The predicted octanol–water partition coefficient (Wildman–Crippen LogP) is 0.0659. The molecule has 0 aliphatic carbocycles. The van der Waals surface area contributed by atoms with E-state index in [1.807, 2.05) is 67.3 Å². The third-order valence-corrected chi connectivity index (χ3v) is 3.51. The van der Waals surface area contributed by atoms with Crippen LogP contribution in [-0.4, -0.2) is 9.78 Å². The average molecular weight is 343 g/mol. The number of nitrogen functional groups attached to an aromatic ring is 1. The van der Waals surface area contributed by atoms with Crippen molar-refractivity contribution >= 4 is 17.2 Å². The van der Waals surface area contributed by atoms with E-state index in [1.54, 1.807) is 10.9 Å². The van der Waals surface area contributed by atoms with Gasteiger partial charge in [-0.2, -0.15) is 10.2 Å². The summed E-state index contributed by atoms with van der Waals surface area (Å²) in [5, 5.41) is 12.7. The summed E-state index contributed by atoms with van der Waals surface area (Å²) in [6.07, 6.45) is 5.62. The SMILES string of the molecule is Cc1cccc(N=Nc2cnn(Cc3cc[n+](C)cc3)c2N)c1.[Cl-].